The molecule has 0 aromatic heterocycles. The number of halogens is 1. The Labute approximate surface area is 185 Å². The van der Waals surface area contributed by atoms with Gasteiger partial charge in [0, 0.05) is 33.8 Å². The lowest BCUT2D eigenvalue weighted by atomic mass is 9.93. The van der Waals surface area contributed by atoms with Gasteiger partial charge in [0.2, 0.25) is 0 Å². The van der Waals surface area contributed by atoms with E-state index in [4.69, 9.17) is 9.73 Å². The molecule has 154 valence electrons. The van der Waals surface area contributed by atoms with Crippen LogP contribution in [0.4, 0.5) is 0 Å². The summed E-state index contributed by atoms with van der Waals surface area (Å²) in [5.74, 6) is 1.10. The molecule has 3 aromatic rings. The number of hydrogen-bond acceptors (Lipinski definition) is 4. The van der Waals surface area contributed by atoms with Crippen molar-refractivity contribution in [3.05, 3.63) is 93.5 Å². The number of nitrogens with one attached hydrogen (secondary N) is 1. The Morgan fingerprint density at radius 2 is 1.83 bits per heavy atom. The number of hydrogen-bond donors (Lipinski definition) is 2. The van der Waals surface area contributed by atoms with Gasteiger partial charge in [0.15, 0.2) is 0 Å². The van der Waals surface area contributed by atoms with Crippen molar-refractivity contribution in [2.24, 2.45) is 4.99 Å². The SMILES string of the molecule is CCOc1ccccc1[C@H]1N=C(c2ccc(C)cc2)C[C@H](c2cc(Br)ccc2O)N1. The van der Waals surface area contributed by atoms with E-state index >= 15 is 0 Å². The third-order valence-corrected chi connectivity index (χ3v) is 5.80. The molecule has 4 nitrogen and oxygen atoms in total. The van der Waals surface area contributed by atoms with Crippen LogP contribution in [0.15, 0.2) is 76.2 Å². The van der Waals surface area contributed by atoms with Crippen LogP contribution in [0.5, 0.6) is 11.5 Å². The van der Waals surface area contributed by atoms with Crippen molar-refractivity contribution in [3.63, 3.8) is 0 Å². The Kier molecular flexibility index (Phi) is 6.21. The van der Waals surface area contributed by atoms with Crippen molar-refractivity contribution < 1.29 is 9.84 Å². The van der Waals surface area contributed by atoms with Gasteiger partial charge in [0.25, 0.3) is 0 Å². The molecule has 0 unspecified atom stereocenters. The topological polar surface area (TPSA) is 53.9 Å². The van der Waals surface area contributed by atoms with E-state index in [1.165, 1.54) is 5.56 Å². The normalized spacial score (nSPS) is 18.7. The van der Waals surface area contributed by atoms with Crippen LogP contribution in [-0.2, 0) is 0 Å². The molecule has 2 atom stereocenters. The Balaban J connectivity index is 1.79. The van der Waals surface area contributed by atoms with Gasteiger partial charge < -0.3 is 9.84 Å². The number of phenolic OH excluding ortho intramolecular Hbond substituents is 1. The summed E-state index contributed by atoms with van der Waals surface area (Å²) in [6.45, 7) is 4.65. The number of aryl methyl sites for hydroxylation is 1. The Morgan fingerprint density at radius 1 is 1.07 bits per heavy atom. The van der Waals surface area contributed by atoms with E-state index in [2.05, 4.69) is 52.4 Å². The number of benzene rings is 3. The number of para-hydroxylation sites is 1. The average molecular weight is 465 g/mol. The second-order valence-electron chi connectivity index (χ2n) is 7.44. The molecule has 2 N–H and O–H groups in total. The predicted octanol–water partition coefficient (Wildman–Crippen LogP) is 6.08. The number of ether oxygens (including phenoxy) is 1. The van der Waals surface area contributed by atoms with Crippen LogP contribution in [0.3, 0.4) is 0 Å². The van der Waals surface area contributed by atoms with Gasteiger partial charge in [-0.1, -0.05) is 64.0 Å². The van der Waals surface area contributed by atoms with Crippen molar-refractivity contribution in [3.8, 4) is 11.5 Å². The molecule has 1 heterocycles. The lowest BCUT2D eigenvalue weighted by molar-refractivity contribution is 0.327. The molecular formula is C25H25BrN2O2. The fourth-order valence-electron chi connectivity index (χ4n) is 3.78. The first-order valence-corrected chi connectivity index (χ1v) is 10.9. The zero-order valence-electron chi connectivity index (χ0n) is 17.1. The minimum atomic E-state index is -0.277. The molecular weight excluding hydrogens is 440 g/mol. The van der Waals surface area contributed by atoms with Crippen LogP contribution >= 0.6 is 15.9 Å². The first-order valence-electron chi connectivity index (χ1n) is 10.1. The maximum absolute atomic E-state index is 10.6. The van der Waals surface area contributed by atoms with E-state index in [0.717, 1.165) is 32.6 Å². The number of phenols is 1. The molecule has 1 aliphatic heterocycles. The highest BCUT2D eigenvalue weighted by atomic mass is 79.9. The zero-order valence-corrected chi connectivity index (χ0v) is 18.7. The van der Waals surface area contributed by atoms with Crippen molar-refractivity contribution in [2.45, 2.75) is 32.5 Å². The zero-order chi connectivity index (χ0) is 21.1. The Bertz CT molecular complexity index is 1060. The average Bonchev–Trinajstić information content (AvgIpc) is 2.76. The second kappa shape index (κ2) is 9.02. The molecule has 0 bridgehead atoms. The first-order chi connectivity index (χ1) is 14.5. The van der Waals surface area contributed by atoms with Gasteiger partial charge in [-0.25, -0.2) is 0 Å². The van der Waals surface area contributed by atoms with Gasteiger partial charge in [-0.15, -0.1) is 0 Å². The summed E-state index contributed by atoms with van der Waals surface area (Å²) < 4.78 is 6.80. The highest BCUT2D eigenvalue weighted by Gasteiger charge is 2.29. The molecule has 0 radical (unpaired) electrons. The smallest absolute Gasteiger partial charge is 0.129 e. The second-order valence-corrected chi connectivity index (χ2v) is 8.36. The molecule has 0 amide bonds. The van der Waals surface area contributed by atoms with E-state index in [0.29, 0.717) is 13.0 Å². The summed E-state index contributed by atoms with van der Waals surface area (Å²) in [7, 11) is 0. The van der Waals surface area contributed by atoms with E-state index in [1.807, 2.05) is 43.3 Å². The fraction of sp³-hybridized carbons (Fsp3) is 0.240. The van der Waals surface area contributed by atoms with Gasteiger partial charge in [-0.2, -0.15) is 0 Å². The Morgan fingerprint density at radius 3 is 2.60 bits per heavy atom. The predicted molar refractivity (Wildman–Crippen MR) is 124 cm³/mol. The van der Waals surface area contributed by atoms with Gasteiger partial charge in [0.1, 0.15) is 17.7 Å². The van der Waals surface area contributed by atoms with E-state index < -0.39 is 0 Å². The summed E-state index contributed by atoms with van der Waals surface area (Å²) in [5.41, 5.74) is 5.16. The van der Waals surface area contributed by atoms with Crippen molar-refractivity contribution in [2.75, 3.05) is 6.61 Å². The lowest BCUT2D eigenvalue weighted by Crippen LogP contribution is -2.33. The van der Waals surface area contributed by atoms with Crippen LogP contribution < -0.4 is 10.1 Å². The van der Waals surface area contributed by atoms with E-state index in [-0.39, 0.29) is 18.0 Å². The third kappa shape index (κ3) is 4.42. The summed E-state index contributed by atoms with van der Waals surface area (Å²) in [4.78, 5) is 5.05. The number of aromatic hydroxyl groups is 1. The summed E-state index contributed by atoms with van der Waals surface area (Å²) in [6, 6.07) is 21.9. The maximum atomic E-state index is 10.6. The van der Waals surface area contributed by atoms with Crippen molar-refractivity contribution in [1.29, 1.82) is 0 Å². The van der Waals surface area contributed by atoms with Gasteiger partial charge in [-0.3, -0.25) is 10.3 Å². The molecule has 30 heavy (non-hydrogen) atoms. The first kappa shape index (κ1) is 20.6. The molecule has 5 heteroatoms. The van der Waals surface area contributed by atoms with Crippen molar-refractivity contribution >= 4 is 21.6 Å². The molecule has 3 aromatic carbocycles. The summed E-state index contributed by atoms with van der Waals surface area (Å²) in [5, 5.41) is 14.2. The highest BCUT2D eigenvalue weighted by Crippen LogP contribution is 2.37. The molecule has 0 saturated carbocycles. The van der Waals surface area contributed by atoms with Crippen LogP contribution in [-0.4, -0.2) is 17.4 Å². The van der Waals surface area contributed by atoms with Crippen molar-refractivity contribution in [1.82, 2.24) is 5.32 Å². The van der Waals surface area contributed by atoms with Crippen LogP contribution in [0.1, 0.15) is 47.8 Å². The minimum absolute atomic E-state index is 0.0871. The summed E-state index contributed by atoms with van der Waals surface area (Å²) in [6.07, 6.45) is 0.404. The van der Waals surface area contributed by atoms with Gasteiger partial charge >= 0.3 is 0 Å². The summed E-state index contributed by atoms with van der Waals surface area (Å²) >= 11 is 3.53. The van der Waals surface area contributed by atoms with E-state index in [1.54, 1.807) is 6.07 Å². The standard InChI is InChI=1S/C25H25BrN2O2/c1-3-30-24-7-5-4-6-19(24)25-27-21(17-10-8-16(2)9-11-17)15-22(28-25)20-14-18(26)12-13-23(20)29/h4-14,22,25,28-29H,3,15H2,1-2H3/t22-,25+/m1/s1. The molecule has 0 fully saturated rings. The molecule has 0 aliphatic carbocycles. The molecule has 4 rings (SSSR count). The Hall–Kier alpha value is -2.63. The minimum Gasteiger partial charge on any atom is -0.508 e. The molecule has 0 saturated heterocycles. The largest absolute Gasteiger partial charge is 0.508 e. The lowest BCUT2D eigenvalue weighted by Gasteiger charge is -2.31. The number of aliphatic imine (C=N–C) groups is 1. The fourth-order valence-corrected chi connectivity index (χ4v) is 4.16. The monoisotopic (exact) mass is 464 g/mol. The van der Waals surface area contributed by atoms with Gasteiger partial charge in [-0.05, 0) is 43.7 Å². The number of nitrogens with zero attached hydrogens (tertiary/aromatic N) is 1. The molecule has 0 spiro atoms. The highest BCUT2D eigenvalue weighted by molar-refractivity contribution is 9.10. The quantitative estimate of drug-likeness (QED) is 0.480. The van der Waals surface area contributed by atoms with Crippen LogP contribution in [0.2, 0.25) is 0 Å². The third-order valence-electron chi connectivity index (χ3n) is 5.30. The molecule has 1 aliphatic rings. The van der Waals surface area contributed by atoms with E-state index in [9.17, 15) is 5.11 Å². The van der Waals surface area contributed by atoms with Crippen LogP contribution in [0.25, 0.3) is 0 Å². The van der Waals surface area contributed by atoms with Gasteiger partial charge in [0.05, 0.1) is 6.61 Å². The van der Waals surface area contributed by atoms with Crippen LogP contribution in [0, 0.1) is 6.92 Å². The number of rotatable bonds is 5. The maximum Gasteiger partial charge on any atom is 0.129 e.